The molecule has 0 bridgehead atoms. The molecule has 0 spiro atoms. The quantitative estimate of drug-likeness (QED) is 0.308. The third-order valence-corrected chi connectivity index (χ3v) is 4.45. The lowest BCUT2D eigenvalue weighted by molar-refractivity contribution is 1.45. The molecular formula is C26H27BrN2. The predicted octanol–water partition coefficient (Wildman–Crippen LogP) is 7.76. The number of halogens is 1. The van der Waals surface area contributed by atoms with Crippen LogP contribution in [0.2, 0.25) is 0 Å². The van der Waals surface area contributed by atoms with Gasteiger partial charge in [0.05, 0.1) is 0 Å². The maximum absolute atomic E-state index is 5.43. The van der Waals surface area contributed by atoms with Gasteiger partial charge in [-0.05, 0) is 62.4 Å². The second kappa shape index (κ2) is 12.4. The number of para-hydroxylation sites is 1. The maximum Gasteiger partial charge on any atom is 0.0384 e. The van der Waals surface area contributed by atoms with Crippen molar-refractivity contribution < 1.29 is 0 Å². The highest BCUT2D eigenvalue weighted by molar-refractivity contribution is 9.10. The van der Waals surface area contributed by atoms with E-state index in [2.05, 4.69) is 64.6 Å². The Balaban J connectivity index is 0.000000170. The minimum absolute atomic E-state index is 0.829. The van der Waals surface area contributed by atoms with Crippen LogP contribution < -0.4 is 11.1 Å². The second-order valence-corrected chi connectivity index (χ2v) is 7.48. The lowest BCUT2D eigenvalue weighted by Crippen LogP contribution is -1.88. The van der Waals surface area contributed by atoms with E-state index in [1.807, 2.05) is 79.7 Å². The summed E-state index contributed by atoms with van der Waals surface area (Å²) in [5.74, 6) is 0. The van der Waals surface area contributed by atoms with Gasteiger partial charge >= 0.3 is 0 Å². The molecule has 0 aliphatic carbocycles. The van der Waals surface area contributed by atoms with Gasteiger partial charge in [0.1, 0.15) is 0 Å². The zero-order valence-corrected chi connectivity index (χ0v) is 18.4. The van der Waals surface area contributed by atoms with E-state index in [9.17, 15) is 0 Å². The normalized spacial score (nSPS) is 9.34. The summed E-state index contributed by atoms with van der Waals surface area (Å²) >= 11 is 3.31. The molecule has 0 atom stereocenters. The van der Waals surface area contributed by atoms with Crippen molar-refractivity contribution in [2.75, 3.05) is 11.1 Å². The van der Waals surface area contributed by atoms with Gasteiger partial charge in [0.25, 0.3) is 0 Å². The molecule has 148 valence electrons. The van der Waals surface area contributed by atoms with E-state index in [1.165, 1.54) is 11.1 Å². The lowest BCUT2D eigenvalue weighted by atomic mass is 10.2. The summed E-state index contributed by atoms with van der Waals surface area (Å²) in [7, 11) is 0. The van der Waals surface area contributed by atoms with Crippen LogP contribution in [0.1, 0.15) is 11.1 Å². The summed E-state index contributed by atoms with van der Waals surface area (Å²) in [6.07, 6.45) is 0. The first-order valence-corrected chi connectivity index (χ1v) is 10.2. The molecule has 0 radical (unpaired) electrons. The van der Waals surface area contributed by atoms with E-state index in [1.54, 1.807) is 0 Å². The molecule has 3 N–H and O–H groups in total. The maximum atomic E-state index is 5.43. The summed E-state index contributed by atoms with van der Waals surface area (Å²) in [5, 5.41) is 3.33. The number of hydrogen-bond donors (Lipinski definition) is 2. The van der Waals surface area contributed by atoms with Crippen molar-refractivity contribution in [2.24, 2.45) is 0 Å². The molecule has 0 heterocycles. The third-order valence-electron chi connectivity index (χ3n) is 3.92. The molecule has 0 unspecified atom stereocenters. The van der Waals surface area contributed by atoms with E-state index in [0.717, 1.165) is 21.5 Å². The molecule has 0 saturated carbocycles. The Bertz CT molecular complexity index is 914. The molecular weight excluding hydrogens is 420 g/mol. The molecule has 0 saturated heterocycles. The first kappa shape index (κ1) is 22.3. The van der Waals surface area contributed by atoms with Crippen LogP contribution in [0.15, 0.2) is 114 Å². The van der Waals surface area contributed by atoms with E-state index in [-0.39, 0.29) is 0 Å². The number of anilines is 3. The fourth-order valence-corrected chi connectivity index (χ4v) is 2.61. The largest absolute Gasteiger partial charge is 0.399 e. The Morgan fingerprint density at radius 3 is 1.38 bits per heavy atom. The van der Waals surface area contributed by atoms with Gasteiger partial charge in [-0.1, -0.05) is 87.7 Å². The van der Waals surface area contributed by atoms with Gasteiger partial charge in [0, 0.05) is 21.5 Å². The Morgan fingerprint density at radius 1 is 0.552 bits per heavy atom. The fourth-order valence-electron chi connectivity index (χ4n) is 2.31. The van der Waals surface area contributed by atoms with Gasteiger partial charge < -0.3 is 11.1 Å². The van der Waals surface area contributed by atoms with Crippen LogP contribution >= 0.6 is 15.9 Å². The number of rotatable bonds is 2. The monoisotopic (exact) mass is 446 g/mol. The smallest absolute Gasteiger partial charge is 0.0384 e. The number of nitrogen functional groups attached to an aromatic ring is 1. The minimum Gasteiger partial charge on any atom is -0.399 e. The number of hydrogen-bond acceptors (Lipinski definition) is 2. The van der Waals surface area contributed by atoms with E-state index in [0.29, 0.717) is 0 Å². The minimum atomic E-state index is 0.829. The standard InChI is InChI=1S/C13H13N.C7H9N.C6H5Br/c1-11-7-9-13(10-8-11)14-12-5-3-2-4-6-12;1-6-2-4-7(8)5-3-6;7-6-4-2-1-3-5-6/h2-10,14H,1H3;2-5H,8H2,1H3;1-5H. The van der Waals surface area contributed by atoms with Crippen LogP contribution in [0.5, 0.6) is 0 Å². The molecule has 0 fully saturated rings. The van der Waals surface area contributed by atoms with E-state index >= 15 is 0 Å². The molecule has 0 aliphatic rings. The van der Waals surface area contributed by atoms with Gasteiger partial charge in [-0.15, -0.1) is 0 Å². The van der Waals surface area contributed by atoms with Gasteiger partial charge in [0.2, 0.25) is 0 Å². The number of nitrogens with two attached hydrogens (primary N) is 1. The molecule has 4 rings (SSSR count). The molecule has 2 nitrogen and oxygen atoms in total. The first-order valence-electron chi connectivity index (χ1n) is 9.44. The van der Waals surface area contributed by atoms with Crippen LogP contribution in [0, 0.1) is 13.8 Å². The zero-order valence-electron chi connectivity index (χ0n) is 16.8. The van der Waals surface area contributed by atoms with Gasteiger partial charge in [-0.2, -0.15) is 0 Å². The molecule has 3 heteroatoms. The van der Waals surface area contributed by atoms with Crippen molar-refractivity contribution >= 4 is 33.0 Å². The molecule has 4 aromatic carbocycles. The Hall–Kier alpha value is -3.04. The van der Waals surface area contributed by atoms with Crippen LogP contribution in [0.4, 0.5) is 17.1 Å². The lowest BCUT2D eigenvalue weighted by Gasteiger charge is -2.05. The average Bonchev–Trinajstić information content (AvgIpc) is 2.74. The van der Waals surface area contributed by atoms with Crippen LogP contribution in [0.25, 0.3) is 0 Å². The fraction of sp³-hybridized carbons (Fsp3) is 0.0769. The van der Waals surface area contributed by atoms with Gasteiger partial charge in [-0.3, -0.25) is 0 Å². The predicted molar refractivity (Wildman–Crippen MR) is 131 cm³/mol. The molecule has 0 aromatic heterocycles. The number of nitrogens with one attached hydrogen (secondary N) is 1. The van der Waals surface area contributed by atoms with Crippen molar-refractivity contribution in [3.8, 4) is 0 Å². The van der Waals surface area contributed by atoms with Crippen LogP contribution in [-0.2, 0) is 0 Å². The van der Waals surface area contributed by atoms with Gasteiger partial charge in [0.15, 0.2) is 0 Å². The highest BCUT2D eigenvalue weighted by atomic mass is 79.9. The summed E-state index contributed by atoms with van der Waals surface area (Å²) in [5.41, 5.74) is 11.0. The zero-order chi connectivity index (χ0) is 20.9. The summed E-state index contributed by atoms with van der Waals surface area (Å²) in [4.78, 5) is 0. The molecule has 0 aliphatic heterocycles. The Labute approximate surface area is 182 Å². The number of benzene rings is 4. The van der Waals surface area contributed by atoms with Crippen molar-refractivity contribution in [1.82, 2.24) is 0 Å². The van der Waals surface area contributed by atoms with E-state index < -0.39 is 0 Å². The summed E-state index contributed by atoms with van der Waals surface area (Å²) in [6.45, 7) is 4.13. The Morgan fingerprint density at radius 2 is 0.966 bits per heavy atom. The van der Waals surface area contributed by atoms with Crippen LogP contribution in [-0.4, -0.2) is 0 Å². The molecule has 0 amide bonds. The highest BCUT2D eigenvalue weighted by Crippen LogP contribution is 2.15. The van der Waals surface area contributed by atoms with Crippen molar-refractivity contribution in [3.05, 3.63) is 125 Å². The number of aryl methyl sites for hydroxylation is 2. The highest BCUT2D eigenvalue weighted by Gasteiger charge is 1.92. The topological polar surface area (TPSA) is 38.0 Å². The second-order valence-electron chi connectivity index (χ2n) is 6.56. The first-order chi connectivity index (χ1) is 14.0. The SMILES string of the molecule is Brc1ccccc1.Cc1ccc(N)cc1.Cc1ccc(Nc2ccccc2)cc1. The summed E-state index contributed by atoms with van der Waals surface area (Å²) in [6, 6.07) is 36.3. The van der Waals surface area contributed by atoms with Crippen molar-refractivity contribution in [2.45, 2.75) is 13.8 Å². The molecule has 4 aromatic rings. The summed E-state index contributed by atoms with van der Waals surface area (Å²) < 4.78 is 1.13. The average molecular weight is 447 g/mol. The van der Waals surface area contributed by atoms with Crippen molar-refractivity contribution in [1.29, 1.82) is 0 Å². The van der Waals surface area contributed by atoms with E-state index in [4.69, 9.17) is 5.73 Å². The third kappa shape index (κ3) is 9.63. The molecule has 29 heavy (non-hydrogen) atoms. The Kier molecular flexibility index (Phi) is 9.53. The van der Waals surface area contributed by atoms with Gasteiger partial charge in [-0.25, -0.2) is 0 Å². The van der Waals surface area contributed by atoms with Crippen molar-refractivity contribution in [3.63, 3.8) is 0 Å². The van der Waals surface area contributed by atoms with Crippen LogP contribution in [0.3, 0.4) is 0 Å².